The van der Waals surface area contributed by atoms with E-state index in [1.165, 1.54) is 4.31 Å². The second kappa shape index (κ2) is 7.06. The summed E-state index contributed by atoms with van der Waals surface area (Å²) in [5.74, 6) is -1.02. The standard InChI is InChI=1S/C22H21F2N3O3S/c1-30-16-5-7-19-18(14-16)25-22(21-3-2-10-27(19)21)8-11-26(12-9-22)31(28,29)20-13-15(23)4-6-17(20)24/h2-7,10,13-14,25H,8-9,11-12H2,1H3. The fourth-order valence-corrected chi connectivity index (χ4v) is 6.08. The molecule has 2 aromatic carbocycles. The highest BCUT2D eigenvalue weighted by molar-refractivity contribution is 7.89. The number of fused-ring (bicyclic) bond motifs is 4. The van der Waals surface area contributed by atoms with Gasteiger partial charge in [-0.25, -0.2) is 17.2 Å². The molecule has 1 fully saturated rings. The van der Waals surface area contributed by atoms with Gasteiger partial charge in [0.15, 0.2) is 0 Å². The first-order valence-electron chi connectivity index (χ1n) is 9.94. The van der Waals surface area contributed by atoms with E-state index in [4.69, 9.17) is 4.74 Å². The molecule has 0 amide bonds. The van der Waals surface area contributed by atoms with Crippen molar-refractivity contribution in [3.63, 3.8) is 0 Å². The Morgan fingerprint density at radius 1 is 1.06 bits per heavy atom. The van der Waals surface area contributed by atoms with E-state index in [9.17, 15) is 17.2 Å². The second-order valence-corrected chi connectivity index (χ2v) is 9.74. The lowest BCUT2D eigenvalue weighted by molar-refractivity contribution is 0.247. The van der Waals surface area contributed by atoms with E-state index in [-0.39, 0.29) is 13.1 Å². The molecule has 2 aliphatic rings. The fourth-order valence-electron chi connectivity index (χ4n) is 4.56. The van der Waals surface area contributed by atoms with Crippen LogP contribution in [0.4, 0.5) is 14.5 Å². The van der Waals surface area contributed by atoms with Crippen LogP contribution in [0.1, 0.15) is 18.5 Å². The molecule has 1 aromatic heterocycles. The number of halogens is 2. The molecule has 0 bridgehead atoms. The topological polar surface area (TPSA) is 63.6 Å². The van der Waals surface area contributed by atoms with Crippen LogP contribution in [-0.2, 0) is 15.6 Å². The zero-order valence-corrected chi connectivity index (χ0v) is 17.6. The Balaban J connectivity index is 1.46. The predicted molar refractivity (Wildman–Crippen MR) is 112 cm³/mol. The fraction of sp³-hybridized carbons (Fsp3) is 0.273. The van der Waals surface area contributed by atoms with Crippen molar-refractivity contribution in [1.82, 2.24) is 8.87 Å². The molecule has 0 unspecified atom stereocenters. The van der Waals surface area contributed by atoms with Gasteiger partial charge in [0.05, 0.1) is 24.0 Å². The van der Waals surface area contributed by atoms with Crippen molar-refractivity contribution in [2.24, 2.45) is 0 Å². The van der Waals surface area contributed by atoms with Gasteiger partial charge in [-0.1, -0.05) is 0 Å². The molecule has 0 atom stereocenters. The van der Waals surface area contributed by atoms with Crippen molar-refractivity contribution >= 4 is 15.7 Å². The molecule has 0 aliphatic carbocycles. The van der Waals surface area contributed by atoms with Crippen LogP contribution >= 0.6 is 0 Å². The van der Waals surface area contributed by atoms with Crippen molar-refractivity contribution < 1.29 is 21.9 Å². The third-order valence-electron chi connectivity index (χ3n) is 6.16. The second-order valence-electron chi connectivity index (χ2n) is 7.83. The van der Waals surface area contributed by atoms with Crippen molar-refractivity contribution in [2.45, 2.75) is 23.3 Å². The number of nitrogens with one attached hydrogen (secondary N) is 1. The summed E-state index contributed by atoms with van der Waals surface area (Å²) >= 11 is 0. The van der Waals surface area contributed by atoms with Crippen molar-refractivity contribution in [3.05, 3.63) is 72.1 Å². The highest BCUT2D eigenvalue weighted by Crippen LogP contribution is 2.45. The molecule has 0 saturated carbocycles. The number of aromatic nitrogens is 1. The van der Waals surface area contributed by atoms with Gasteiger partial charge >= 0.3 is 0 Å². The van der Waals surface area contributed by atoms with E-state index in [2.05, 4.69) is 9.88 Å². The predicted octanol–water partition coefficient (Wildman–Crippen LogP) is 3.87. The van der Waals surface area contributed by atoms with Gasteiger partial charge in [-0.05, 0) is 55.3 Å². The van der Waals surface area contributed by atoms with Gasteiger partial charge in [0.25, 0.3) is 0 Å². The number of hydrogen-bond acceptors (Lipinski definition) is 4. The molecule has 0 radical (unpaired) electrons. The lowest BCUT2D eigenvalue weighted by atomic mass is 9.83. The van der Waals surface area contributed by atoms with E-state index in [1.807, 2.05) is 36.5 Å². The van der Waals surface area contributed by atoms with Gasteiger partial charge in [-0.3, -0.25) is 0 Å². The molecule has 3 aromatic rings. The average molecular weight is 445 g/mol. The van der Waals surface area contributed by atoms with Gasteiger partial charge in [0, 0.05) is 31.0 Å². The summed E-state index contributed by atoms with van der Waals surface area (Å²) in [7, 11) is -2.53. The zero-order valence-electron chi connectivity index (χ0n) is 16.8. The number of rotatable bonds is 3. The number of nitrogens with zero attached hydrogens (tertiary/aromatic N) is 2. The number of piperidine rings is 1. The largest absolute Gasteiger partial charge is 0.497 e. The number of hydrogen-bond donors (Lipinski definition) is 1. The minimum atomic E-state index is -4.14. The first kappa shape index (κ1) is 20.0. The zero-order chi connectivity index (χ0) is 21.8. The molecule has 1 saturated heterocycles. The number of ether oxygens (including phenoxy) is 1. The quantitative estimate of drug-likeness (QED) is 0.665. The molecule has 162 valence electrons. The van der Waals surface area contributed by atoms with Crippen LogP contribution in [0.15, 0.2) is 59.6 Å². The number of methoxy groups -OCH3 is 1. The maximum absolute atomic E-state index is 14.2. The SMILES string of the molecule is COc1ccc2c(c1)NC1(CCN(S(=O)(=O)c3cc(F)ccc3F)CC1)c1cccn1-2. The third-order valence-corrected chi connectivity index (χ3v) is 8.08. The minimum Gasteiger partial charge on any atom is -0.497 e. The lowest BCUT2D eigenvalue weighted by Crippen LogP contribution is -2.51. The Kier molecular flexibility index (Phi) is 4.56. The molecule has 1 N–H and O–H groups in total. The van der Waals surface area contributed by atoms with Crippen LogP contribution in [0.3, 0.4) is 0 Å². The van der Waals surface area contributed by atoms with Crippen LogP contribution in [0, 0.1) is 11.6 Å². The summed E-state index contributed by atoms with van der Waals surface area (Å²) in [5.41, 5.74) is 2.45. The Morgan fingerprint density at radius 3 is 2.58 bits per heavy atom. The van der Waals surface area contributed by atoms with E-state index in [1.54, 1.807) is 7.11 Å². The van der Waals surface area contributed by atoms with Crippen LogP contribution in [-0.4, -0.2) is 37.5 Å². The Hall–Kier alpha value is -2.91. The summed E-state index contributed by atoms with van der Waals surface area (Å²) in [6, 6.07) is 12.3. The molecule has 31 heavy (non-hydrogen) atoms. The van der Waals surface area contributed by atoms with Gasteiger partial charge in [-0.15, -0.1) is 0 Å². The van der Waals surface area contributed by atoms with Gasteiger partial charge in [-0.2, -0.15) is 4.31 Å². The normalized spacial score (nSPS) is 17.6. The molecule has 9 heteroatoms. The number of anilines is 1. The smallest absolute Gasteiger partial charge is 0.246 e. The molecule has 1 spiro atoms. The maximum Gasteiger partial charge on any atom is 0.246 e. The molecular formula is C22H21F2N3O3S. The van der Waals surface area contributed by atoms with Crippen molar-refractivity contribution in [2.75, 3.05) is 25.5 Å². The average Bonchev–Trinajstić information content (AvgIpc) is 3.27. The summed E-state index contributed by atoms with van der Waals surface area (Å²) in [6.07, 6.45) is 2.93. The van der Waals surface area contributed by atoms with Gasteiger partial charge in [0.1, 0.15) is 22.3 Å². The Bertz CT molecular complexity index is 1260. The maximum atomic E-state index is 14.2. The summed E-state index contributed by atoms with van der Waals surface area (Å²) in [6.45, 7) is 0.353. The molecule has 2 aliphatic heterocycles. The summed E-state index contributed by atoms with van der Waals surface area (Å²) in [4.78, 5) is -0.626. The number of sulfonamides is 1. The third kappa shape index (κ3) is 3.11. The van der Waals surface area contributed by atoms with Crippen LogP contribution in [0.5, 0.6) is 5.75 Å². The Labute approximate surface area is 179 Å². The van der Waals surface area contributed by atoms with E-state index in [0.29, 0.717) is 12.8 Å². The van der Waals surface area contributed by atoms with Crippen molar-refractivity contribution in [3.8, 4) is 11.4 Å². The minimum absolute atomic E-state index is 0.176. The molecule has 3 heterocycles. The van der Waals surface area contributed by atoms with E-state index < -0.39 is 32.1 Å². The lowest BCUT2D eigenvalue weighted by Gasteiger charge is -2.45. The molecular weight excluding hydrogens is 424 g/mol. The monoisotopic (exact) mass is 445 g/mol. The molecule has 6 nitrogen and oxygen atoms in total. The number of benzene rings is 2. The first-order valence-corrected chi connectivity index (χ1v) is 11.4. The Morgan fingerprint density at radius 2 is 1.84 bits per heavy atom. The van der Waals surface area contributed by atoms with Gasteiger partial charge in [0.2, 0.25) is 10.0 Å². The summed E-state index contributed by atoms with van der Waals surface area (Å²) < 4.78 is 62.4. The van der Waals surface area contributed by atoms with E-state index in [0.717, 1.165) is 41.0 Å². The van der Waals surface area contributed by atoms with Gasteiger partial charge < -0.3 is 14.6 Å². The highest BCUT2D eigenvalue weighted by atomic mass is 32.2. The van der Waals surface area contributed by atoms with E-state index >= 15 is 0 Å². The first-order chi connectivity index (χ1) is 14.8. The van der Waals surface area contributed by atoms with Crippen LogP contribution in [0.2, 0.25) is 0 Å². The molecule has 5 rings (SSSR count). The van der Waals surface area contributed by atoms with Crippen LogP contribution in [0.25, 0.3) is 5.69 Å². The van der Waals surface area contributed by atoms with Crippen molar-refractivity contribution in [1.29, 1.82) is 0 Å². The highest BCUT2D eigenvalue weighted by Gasteiger charge is 2.44. The van der Waals surface area contributed by atoms with Crippen LogP contribution < -0.4 is 10.1 Å². The summed E-state index contributed by atoms with van der Waals surface area (Å²) in [5, 5.41) is 3.61.